The van der Waals surface area contributed by atoms with Crippen molar-refractivity contribution < 1.29 is 8.81 Å². The molecule has 3 nitrogen and oxygen atoms in total. The third kappa shape index (κ3) is 2.16. The van der Waals surface area contributed by atoms with Crippen molar-refractivity contribution in [2.75, 3.05) is 0 Å². The molecule has 0 spiro atoms. The van der Waals surface area contributed by atoms with Crippen LogP contribution in [-0.2, 0) is 6.42 Å². The predicted octanol–water partition coefficient (Wildman–Crippen LogP) is 4.55. The summed E-state index contributed by atoms with van der Waals surface area (Å²) in [5.41, 5.74) is 2.02. The van der Waals surface area contributed by atoms with Crippen LogP contribution in [0.1, 0.15) is 18.3 Å². The fourth-order valence-electron chi connectivity index (χ4n) is 2.06. The fourth-order valence-corrected chi connectivity index (χ4v) is 2.25. The molecule has 3 aromatic rings. The van der Waals surface area contributed by atoms with Gasteiger partial charge in [-0.2, -0.15) is 0 Å². The molecule has 0 aliphatic carbocycles. The summed E-state index contributed by atoms with van der Waals surface area (Å²) in [6.07, 6.45) is 0.682. The molecule has 0 atom stereocenters. The number of fused-ring (bicyclic) bond motifs is 1. The van der Waals surface area contributed by atoms with E-state index in [0.29, 0.717) is 39.8 Å². The lowest BCUT2D eigenvalue weighted by atomic mass is 10.2. The van der Waals surface area contributed by atoms with Gasteiger partial charge >= 0.3 is 0 Å². The number of aromatic nitrogens is 2. The number of rotatable bonds is 2. The number of benzene rings is 1. The van der Waals surface area contributed by atoms with Crippen LogP contribution in [-0.4, -0.2) is 9.97 Å². The van der Waals surface area contributed by atoms with Gasteiger partial charge in [0.1, 0.15) is 28.1 Å². The minimum Gasteiger partial charge on any atom is -0.454 e. The Kier molecular flexibility index (Phi) is 3.18. The van der Waals surface area contributed by atoms with Gasteiger partial charge in [-0.1, -0.05) is 18.5 Å². The highest BCUT2D eigenvalue weighted by molar-refractivity contribution is 6.30. The molecule has 2 aromatic heterocycles. The van der Waals surface area contributed by atoms with E-state index in [1.165, 1.54) is 12.1 Å². The molecule has 1 aromatic carbocycles. The first-order valence-electron chi connectivity index (χ1n) is 6.31. The first kappa shape index (κ1) is 13.1. The molecule has 20 heavy (non-hydrogen) atoms. The molecule has 0 aliphatic heterocycles. The minimum absolute atomic E-state index is 0.295. The molecule has 3 rings (SSSR count). The van der Waals surface area contributed by atoms with E-state index in [9.17, 15) is 4.39 Å². The maximum absolute atomic E-state index is 13.2. The molecular formula is C15H12ClFN2O. The number of nitrogens with zero attached hydrogens (tertiary/aromatic N) is 2. The molecule has 0 amide bonds. The standard InChI is InChI=1S/C15H12ClFN2O/c1-3-13-18-14(8(2)15(16)19-13)12-7-9-6-10(17)4-5-11(9)20-12/h4-7H,3H2,1-2H3. The number of furan rings is 1. The van der Waals surface area contributed by atoms with Crippen molar-refractivity contribution in [3.8, 4) is 11.5 Å². The van der Waals surface area contributed by atoms with Gasteiger partial charge in [-0.05, 0) is 31.2 Å². The third-order valence-corrected chi connectivity index (χ3v) is 3.53. The molecule has 0 fully saturated rings. The SMILES string of the molecule is CCc1nc(Cl)c(C)c(-c2cc3cc(F)ccc3o2)n1. The molecule has 0 radical (unpaired) electrons. The van der Waals surface area contributed by atoms with Gasteiger partial charge in [-0.25, -0.2) is 14.4 Å². The highest BCUT2D eigenvalue weighted by Gasteiger charge is 2.15. The van der Waals surface area contributed by atoms with Gasteiger partial charge in [0.25, 0.3) is 0 Å². The Morgan fingerprint density at radius 1 is 1.25 bits per heavy atom. The molecule has 0 saturated carbocycles. The van der Waals surface area contributed by atoms with Crippen LogP contribution in [0.4, 0.5) is 4.39 Å². The van der Waals surface area contributed by atoms with E-state index in [0.717, 1.165) is 5.56 Å². The van der Waals surface area contributed by atoms with Crippen molar-refractivity contribution in [3.05, 3.63) is 46.6 Å². The minimum atomic E-state index is -0.295. The van der Waals surface area contributed by atoms with Gasteiger partial charge in [0.15, 0.2) is 5.76 Å². The van der Waals surface area contributed by atoms with E-state index in [-0.39, 0.29) is 5.82 Å². The highest BCUT2D eigenvalue weighted by atomic mass is 35.5. The maximum atomic E-state index is 13.2. The van der Waals surface area contributed by atoms with Crippen LogP contribution in [0.5, 0.6) is 0 Å². The maximum Gasteiger partial charge on any atom is 0.154 e. The number of halogens is 2. The molecular weight excluding hydrogens is 279 g/mol. The van der Waals surface area contributed by atoms with E-state index < -0.39 is 0 Å². The Labute approximate surface area is 120 Å². The van der Waals surface area contributed by atoms with E-state index in [4.69, 9.17) is 16.0 Å². The Bertz CT molecular complexity index is 798. The van der Waals surface area contributed by atoms with Crippen molar-refractivity contribution in [2.24, 2.45) is 0 Å². The number of aryl methyl sites for hydroxylation is 1. The normalized spacial score (nSPS) is 11.2. The zero-order chi connectivity index (χ0) is 14.3. The highest BCUT2D eigenvalue weighted by Crippen LogP contribution is 2.31. The van der Waals surface area contributed by atoms with Gasteiger partial charge in [0.2, 0.25) is 0 Å². The van der Waals surface area contributed by atoms with Crippen LogP contribution in [0.3, 0.4) is 0 Å². The van der Waals surface area contributed by atoms with Crippen molar-refractivity contribution >= 4 is 22.6 Å². The largest absolute Gasteiger partial charge is 0.454 e. The number of hydrogen-bond donors (Lipinski definition) is 0. The van der Waals surface area contributed by atoms with Crippen molar-refractivity contribution in [3.63, 3.8) is 0 Å². The summed E-state index contributed by atoms with van der Waals surface area (Å²) < 4.78 is 19.0. The Morgan fingerprint density at radius 2 is 2.05 bits per heavy atom. The molecule has 0 aliphatic rings. The average Bonchev–Trinajstić information content (AvgIpc) is 2.84. The second kappa shape index (κ2) is 4.87. The lowest BCUT2D eigenvalue weighted by Gasteiger charge is -2.05. The van der Waals surface area contributed by atoms with E-state index in [2.05, 4.69) is 9.97 Å². The van der Waals surface area contributed by atoms with Crippen LogP contribution in [0.2, 0.25) is 5.15 Å². The molecule has 0 bridgehead atoms. The van der Waals surface area contributed by atoms with Gasteiger partial charge < -0.3 is 4.42 Å². The molecule has 2 heterocycles. The summed E-state index contributed by atoms with van der Waals surface area (Å²) in [6, 6.07) is 6.17. The van der Waals surface area contributed by atoms with Gasteiger partial charge in [-0.15, -0.1) is 0 Å². The quantitative estimate of drug-likeness (QED) is 0.650. The molecule has 0 saturated heterocycles. The fraction of sp³-hybridized carbons (Fsp3) is 0.200. The first-order chi connectivity index (χ1) is 9.58. The average molecular weight is 291 g/mol. The van der Waals surface area contributed by atoms with Crippen molar-refractivity contribution in [2.45, 2.75) is 20.3 Å². The van der Waals surface area contributed by atoms with Crippen LogP contribution in [0.25, 0.3) is 22.4 Å². The monoisotopic (exact) mass is 290 g/mol. The summed E-state index contributed by atoms with van der Waals surface area (Å²) in [7, 11) is 0. The Hall–Kier alpha value is -1.94. The second-order valence-electron chi connectivity index (χ2n) is 4.55. The van der Waals surface area contributed by atoms with Crippen molar-refractivity contribution in [1.29, 1.82) is 0 Å². The molecule has 5 heteroatoms. The topological polar surface area (TPSA) is 38.9 Å². The summed E-state index contributed by atoms with van der Waals surface area (Å²) in [4.78, 5) is 8.65. The first-order valence-corrected chi connectivity index (χ1v) is 6.68. The van der Waals surface area contributed by atoms with Gasteiger partial charge in [0.05, 0.1) is 0 Å². The Balaban J connectivity index is 2.22. The Morgan fingerprint density at radius 3 is 2.80 bits per heavy atom. The van der Waals surface area contributed by atoms with Crippen LogP contribution in [0.15, 0.2) is 28.7 Å². The van der Waals surface area contributed by atoms with Gasteiger partial charge in [0, 0.05) is 17.4 Å². The van der Waals surface area contributed by atoms with Crippen LogP contribution in [0, 0.1) is 12.7 Å². The zero-order valence-electron chi connectivity index (χ0n) is 11.1. The lowest BCUT2D eigenvalue weighted by Crippen LogP contribution is -1.98. The third-order valence-electron chi connectivity index (χ3n) is 3.16. The predicted molar refractivity (Wildman–Crippen MR) is 76.3 cm³/mol. The second-order valence-corrected chi connectivity index (χ2v) is 4.91. The number of hydrogen-bond acceptors (Lipinski definition) is 3. The summed E-state index contributed by atoms with van der Waals surface area (Å²) in [5, 5.41) is 1.12. The lowest BCUT2D eigenvalue weighted by molar-refractivity contribution is 0.617. The molecule has 0 N–H and O–H groups in total. The molecule has 102 valence electrons. The van der Waals surface area contributed by atoms with E-state index >= 15 is 0 Å². The van der Waals surface area contributed by atoms with E-state index in [1.807, 2.05) is 13.8 Å². The summed E-state index contributed by atoms with van der Waals surface area (Å²) >= 11 is 6.12. The smallest absolute Gasteiger partial charge is 0.154 e. The molecule has 0 unspecified atom stereocenters. The zero-order valence-corrected chi connectivity index (χ0v) is 11.8. The summed E-state index contributed by atoms with van der Waals surface area (Å²) in [6.45, 7) is 3.80. The summed E-state index contributed by atoms with van der Waals surface area (Å²) in [5.74, 6) is 0.931. The van der Waals surface area contributed by atoms with Crippen LogP contribution >= 0.6 is 11.6 Å². The van der Waals surface area contributed by atoms with Gasteiger partial charge in [-0.3, -0.25) is 0 Å². The van der Waals surface area contributed by atoms with Crippen LogP contribution < -0.4 is 0 Å². The van der Waals surface area contributed by atoms with E-state index in [1.54, 1.807) is 12.1 Å². The van der Waals surface area contributed by atoms with Crippen molar-refractivity contribution in [1.82, 2.24) is 9.97 Å².